The first-order valence-electron chi connectivity index (χ1n) is 5.07. The van der Waals surface area contributed by atoms with Crippen molar-refractivity contribution >= 4 is 11.8 Å². The number of thioether (sulfide) groups is 1. The molecule has 0 aromatic carbocycles. The third kappa shape index (κ3) is 2.41. The zero-order chi connectivity index (χ0) is 11.5. The summed E-state index contributed by atoms with van der Waals surface area (Å²) in [4.78, 5) is 8.48. The van der Waals surface area contributed by atoms with E-state index in [1.807, 2.05) is 13.8 Å². The first-order valence-corrected chi connectivity index (χ1v) is 5.95. The van der Waals surface area contributed by atoms with Crippen molar-refractivity contribution in [2.75, 3.05) is 0 Å². The zero-order valence-corrected chi connectivity index (χ0v) is 10.2. The molecule has 0 radical (unpaired) electrons. The lowest BCUT2D eigenvalue weighted by atomic mass is 10.5. The highest BCUT2D eigenvalue weighted by Gasteiger charge is 2.16. The molecule has 0 aliphatic carbocycles. The molecule has 0 amide bonds. The third-order valence-corrected chi connectivity index (χ3v) is 2.97. The molecule has 0 unspecified atom stereocenters. The number of nitrogens with zero attached hydrogens (tertiary/aromatic N) is 4. The highest BCUT2D eigenvalue weighted by atomic mass is 32.2. The summed E-state index contributed by atoms with van der Waals surface area (Å²) in [5.41, 5.74) is 0. The van der Waals surface area contributed by atoms with Gasteiger partial charge in [0.2, 0.25) is 11.0 Å². The summed E-state index contributed by atoms with van der Waals surface area (Å²) in [5, 5.41) is 11.5. The zero-order valence-electron chi connectivity index (χ0n) is 9.39. The number of hydrogen-bond donors (Lipinski definition) is 1. The fraction of sp³-hybridized carbons (Fsp3) is 0.556. The van der Waals surface area contributed by atoms with E-state index in [2.05, 4.69) is 25.3 Å². The van der Waals surface area contributed by atoms with Crippen LogP contribution in [0.5, 0.6) is 0 Å². The second kappa shape index (κ2) is 4.65. The Labute approximate surface area is 97.2 Å². The van der Waals surface area contributed by atoms with Gasteiger partial charge in [0.1, 0.15) is 5.82 Å². The van der Waals surface area contributed by atoms with Crippen LogP contribution in [0.4, 0.5) is 0 Å². The van der Waals surface area contributed by atoms with Crippen LogP contribution in [0.3, 0.4) is 0 Å². The first kappa shape index (κ1) is 11.1. The van der Waals surface area contributed by atoms with E-state index in [1.165, 1.54) is 11.8 Å². The fourth-order valence-corrected chi connectivity index (χ4v) is 1.95. The molecule has 0 aliphatic rings. The summed E-state index contributed by atoms with van der Waals surface area (Å²) in [6.45, 7) is 5.81. The number of hydrogen-bond acceptors (Lipinski definition) is 6. The maximum Gasteiger partial charge on any atom is 0.239 e. The van der Waals surface area contributed by atoms with E-state index in [-0.39, 0.29) is 5.25 Å². The van der Waals surface area contributed by atoms with Crippen LogP contribution < -0.4 is 0 Å². The Morgan fingerprint density at radius 1 is 1.44 bits per heavy atom. The smallest absolute Gasteiger partial charge is 0.239 e. The van der Waals surface area contributed by atoms with Crippen molar-refractivity contribution in [2.45, 2.75) is 37.6 Å². The lowest BCUT2D eigenvalue weighted by molar-refractivity contribution is 0.376. The summed E-state index contributed by atoms with van der Waals surface area (Å²) >= 11 is 1.50. The van der Waals surface area contributed by atoms with Crippen LogP contribution in [0.15, 0.2) is 9.68 Å². The lowest BCUT2D eigenvalue weighted by Gasteiger charge is -2.00. The average molecular weight is 239 g/mol. The molecule has 0 aliphatic heterocycles. The summed E-state index contributed by atoms with van der Waals surface area (Å²) in [5.74, 6) is 2.13. The minimum Gasteiger partial charge on any atom is -0.338 e. The van der Waals surface area contributed by atoms with Crippen molar-refractivity contribution in [3.63, 3.8) is 0 Å². The van der Waals surface area contributed by atoms with E-state index < -0.39 is 0 Å². The van der Waals surface area contributed by atoms with Gasteiger partial charge in [-0.15, -0.1) is 5.10 Å². The minimum atomic E-state index is 0.0571. The summed E-state index contributed by atoms with van der Waals surface area (Å²) in [6.07, 6.45) is 0.849. The Bertz CT molecular complexity index is 466. The second-order valence-corrected chi connectivity index (χ2v) is 4.67. The predicted molar refractivity (Wildman–Crippen MR) is 59.1 cm³/mol. The van der Waals surface area contributed by atoms with E-state index in [9.17, 15) is 0 Å². The highest BCUT2D eigenvalue weighted by Crippen LogP contribution is 2.31. The normalized spacial score (nSPS) is 12.9. The molecule has 2 aromatic heterocycles. The minimum absolute atomic E-state index is 0.0571. The molecule has 0 spiro atoms. The van der Waals surface area contributed by atoms with Crippen LogP contribution in [0.25, 0.3) is 0 Å². The molecular weight excluding hydrogens is 226 g/mol. The Balaban J connectivity index is 2.04. The topological polar surface area (TPSA) is 80.5 Å². The van der Waals surface area contributed by atoms with Crippen LogP contribution in [0, 0.1) is 6.92 Å². The number of rotatable bonds is 4. The molecule has 6 nitrogen and oxygen atoms in total. The van der Waals surface area contributed by atoms with E-state index in [1.54, 1.807) is 6.92 Å². The number of nitrogens with one attached hydrogen (secondary N) is 1. The first-order chi connectivity index (χ1) is 7.69. The van der Waals surface area contributed by atoms with Crippen molar-refractivity contribution in [3.05, 3.63) is 17.5 Å². The van der Waals surface area contributed by atoms with E-state index in [4.69, 9.17) is 4.52 Å². The molecule has 2 aromatic rings. The molecule has 0 fully saturated rings. The van der Waals surface area contributed by atoms with Gasteiger partial charge in [0.25, 0.3) is 0 Å². The maximum absolute atomic E-state index is 5.08. The van der Waals surface area contributed by atoms with Gasteiger partial charge in [-0.3, -0.25) is 5.10 Å². The molecular formula is C9H13N5OS. The molecule has 2 rings (SSSR count). The van der Waals surface area contributed by atoms with Crippen LogP contribution in [-0.2, 0) is 6.42 Å². The Hall–Kier alpha value is -1.37. The van der Waals surface area contributed by atoms with Crippen LogP contribution in [0.1, 0.15) is 36.6 Å². The highest BCUT2D eigenvalue weighted by molar-refractivity contribution is 7.99. The summed E-state index contributed by atoms with van der Waals surface area (Å²) in [7, 11) is 0. The lowest BCUT2D eigenvalue weighted by Crippen LogP contribution is -1.90. The molecule has 2 heterocycles. The molecule has 0 saturated carbocycles. The van der Waals surface area contributed by atoms with Gasteiger partial charge >= 0.3 is 0 Å². The molecule has 86 valence electrons. The van der Waals surface area contributed by atoms with Crippen molar-refractivity contribution in [3.8, 4) is 0 Å². The van der Waals surface area contributed by atoms with Gasteiger partial charge in [-0.1, -0.05) is 23.8 Å². The average Bonchev–Trinajstić information content (AvgIpc) is 2.87. The Kier molecular flexibility index (Phi) is 3.23. The van der Waals surface area contributed by atoms with Gasteiger partial charge in [0.05, 0.1) is 5.25 Å². The second-order valence-electron chi connectivity index (χ2n) is 3.36. The van der Waals surface area contributed by atoms with Crippen molar-refractivity contribution < 1.29 is 4.52 Å². The van der Waals surface area contributed by atoms with Crippen molar-refractivity contribution in [1.82, 2.24) is 25.3 Å². The number of aromatic amines is 1. The largest absolute Gasteiger partial charge is 0.338 e. The molecule has 7 heteroatoms. The molecule has 16 heavy (non-hydrogen) atoms. The Morgan fingerprint density at radius 3 is 2.81 bits per heavy atom. The van der Waals surface area contributed by atoms with Crippen LogP contribution in [-0.4, -0.2) is 25.3 Å². The maximum atomic E-state index is 5.08. The number of aryl methyl sites for hydroxylation is 2. The molecule has 1 atom stereocenters. The molecule has 0 saturated heterocycles. The van der Waals surface area contributed by atoms with E-state index in [0.717, 1.165) is 12.2 Å². The van der Waals surface area contributed by atoms with Gasteiger partial charge in [0, 0.05) is 6.42 Å². The van der Waals surface area contributed by atoms with Gasteiger partial charge in [-0.25, -0.2) is 4.98 Å². The van der Waals surface area contributed by atoms with Gasteiger partial charge in [-0.2, -0.15) is 4.98 Å². The van der Waals surface area contributed by atoms with E-state index >= 15 is 0 Å². The van der Waals surface area contributed by atoms with E-state index in [0.29, 0.717) is 16.9 Å². The number of H-pyrrole nitrogens is 1. The monoisotopic (exact) mass is 239 g/mol. The standard InChI is InChI=1S/C9H13N5OS/c1-4-7-11-9(13-12-7)16-5(2)8-10-6(3)14-15-8/h5H,4H2,1-3H3,(H,11,12,13)/t5-/m0/s1. The number of aromatic nitrogens is 5. The third-order valence-electron chi connectivity index (χ3n) is 2.02. The SMILES string of the molecule is CCc1nc(S[C@@H](C)c2nc(C)no2)n[nH]1. The van der Waals surface area contributed by atoms with Crippen molar-refractivity contribution in [1.29, 1.82) is 0 Å². The summed E-state index contributed by atoms with van der Waals surface area (Å²) < 4.78 is 5.08. The molecule has 0 bridgehead atoms. The summed E-state index contributed by atoms with van der Waals surface area (Å²) in [6, 6.07) is 0. The van der Waals surface area contributed by atoms with Crippen LogP contribution in [0.2, 0.25) is 0 Å². The van der Waals surface area contributed by atoms with Gasteiger partial charge < -0.3 is 4.52 Å². The fourth-order valence-electron chi connectivity index (χ4n) is 1.18. The molecule has 1 N–H and O–H groups in total. The quantitative estimate of drug-likeness (QED) is 0.821. The van der Waals surface area contributed by atoms with Crippen molar-refractivity contribution in [2.24, 2.45) is 0 Å². The Morgan fingerprint density at radius 2 is 2.25 bits per heavy atom. The van der Waals surface area contributed by atoms with Gasteiger partial charge in [-0.05, 0) is 13.8 Å². The van der Waals surface area contributed by atoms with Crippen LogP contribution >= 0.6 is 11.8 Å². The predicted octanol–water partition coefficient (Wildman–Crippen LogP) is 1.91. The van der Waals surface area contributed by atoms with Gasteiger partial charge in [0.15, 0.2) is 5.82 Å².